The number of nitrogens with zero attached hydrogens (tertiary/aromatic N) is 1. The Hall–Kier alpha value is -1.10. The minimum Gasteiger partial charge on any atom is -0.355 e. The smallest absolute Gasteiger partial charge is 0.237 e. The third-order valence-electron chi connectivity index (χ3n) is 4.46. The van der Waals surface area contributed by atoms with Crippen LogP contribution in [0.25, 0.3) is 0 Å². The summed E-state index contributed by atoms with van der Waals surface area (Å²) < 4.78 is 0. The van der Waals surface area contributed by atoms with E-state index in [1.165, 1.54) is 12.8 Å². The van der Waals surface area contributed by atoms with Gasteiger partial charge in [-0.15, -0.1) is 0 Å². The van der Waals surface area contributed by atoms with Crippen molar-refractivity contribution in [2.75, 3.05) is 19.6 Å². The molecule has 2 aliphatic heterocycles. The van der Waals surface area contributed by atoms with Crippen LogP contribution >= 0.6 is 0 Å². The number of carbonyl (C=O) groups excluding carboxylic acids is 2. The molecule has 0 aromatic rings. The predicted molar refractivity (Wildman–Crippen MR) is 82.9 cm³/mol. The van der Waals surface area contributed by atoms with Crippen molar-refractivity contribution >= 4 is 11.8 Å². The topological polar surface area (TPSA) is 61.4 Å². The minimum absolute atomic E-state index is 0.0506. The Morgan fingerprint density at radius 3 is 2.67 bits per heavy atom. The fourth-order valence-corrected chi connectivity index (χ4v) is 3.21. The number of hydrogen-bond donors (Lipinski definition) is 2. The van der Waals surface area contributed by atoms with Gasteiger partial charge in [0.2, 0.25) is 11.8 Å². The van der Waals surface area contributed by atoms with Crippen molar-refractivity contribution in [3.63, 3.8) is 0 Å². The van der Waals surface area contributed by atoms with E-state index in [1.807, 2.05) is 11.8 Å². The number of nitrogens with one attached hydrogen (secondary N) is 2. The van der Waals surface area contributed by atoms with Gasteiger partial charge in [0, 0.05) is 32.1 Å². The molecule has 2 unspecified atom stereocenters. The van der Waals surface area contributed by atoms with Gasteiger partial charge >= 0.3 is 0 Å². The van der Waals surface area contributed by atoms with E-state index in [0.717, 1.165) is 51.7 Å². The van der Waals surface area contributed by atoms with Gasteiger partial charge in [-0.25, -0.2) is 0 Å². The van der Waals surface area contributed by atoms with Crippen LogP contribution < -0.4 is 10.6 Å². The van der Waals surface area contributed by atoms with Crippen molar-refractivity contribution in [3.8, 4) is 0 Å². The fraction of sp³-hybridized carbons (Fsp3) is 0.875. The molecule has 21 heavy (non-hydrogen) atoms. The molecule has 0 radical (unpaired) electrons. The molecule has 120 valence electrons. The van der Waals surface area contributed by atoms with Crippen LogP contribution in [0, 0.1) is 0 Å². The van der Waals surface area contributed by atoms with Crippen molar-refractivity contribution in [1.82, 2.24) is 15.5 Å². The zero-order valence-electron chi connectivity index (χ0n) is 13.2. The van der Waals surface area contributed by atoms with Gasteiger partial charge in [-0.1, -0.05) is 12.8 Å². The second-order valence-electron chi connectivity index (χ2n) is 6.41. The van der Waals surface area contributed by atoms with Gasteiger partial charge in [0.05, 0.1) is 6.04 Å². The molecule has 2 N–H and O–H groups in total. The molecule has 2 atom stereocenters. The highest BCUT2D eigenvalue weighted by Crippen LogP contribution is 2.12. The van der Waals surface area contributed by atoms with Crippen LogP contribution in [0.4, 0.5) is 0 Å². The van der Waals surface area contributed by atoms with Gasteiger partial charge in [-0.05, 0) is 39.0 Å². The van der Waals surface area contributed by atoms with E-state index in [9.17, 15) is 9.59 Å². The van der Waals surface area contributed by atoms with Crippen molar-refractivity contribution < 1.29 is 9.59 Å². The molecule has 2 amide bonds. The van der Waals surface area contributed by atoms with Crippen molar-refractivity contribution in [2.45, 2.75) is 70.4 Å². The molecule has 5 heteroatoms. The number of amides is 2. The molecule has 0 aliphatic carbocycles. The fourth-order valence-electron chi connectivity index (χ4n) is 3.21. The summed E-state index contributed by atoms with van der Waals surface area (Å²) >= 11 is 0. The largest absolute Gasteiger partial charge is 0.355 e. The monoisotopic (exact) mass is 295 g/mol. The Balaban J connectivity index is 1.78. The van der Waals surface area contributed by atoms with Crippen LogP contribution in [0.5, 0.6) is 0 Å². The van der Waals surface area contributed by atoms with Crippen LogP contribution in [0.1, 0.15) is 58.3 Å². The van der Waals surface area contributed by atoms with E-state index in [1.54, 1.807) is 0 Å². The van der Waals surface area contributed by atoms with Gasteiger partial charge < -0.3 is 15.5 Å². The molecular weight excluding hydrogens is 266 g/mol. The van der Waals surface area contributed by atoms with Crippen molar-refractivity contribution in [1.29, 1.82) is 0 Å². The van der Waals surface area contributed by atoms with Crippen LogP contribution in [0.15, 0.2) is 0 Å². The van der Waals surface area contributed by atoms with E-state index >= 15 is 0 Å². The number of carbonyl (C=O) groups is 2. The Kier molecular flexibility index (Phi) is 6.49. The van der Waals surface area contributed by atoms with E-state index in [0.29, 0.717) is 6.42 Å². The van der Waals surface area contributed by atoms with Crippen molar-refractivity contribution in [3.05, 3.63) is 0 Å². The summed E-state index contributed by atoms with van der Waals surface area (Å²) in [5, 5.41) is 6.26. The molecule has 0 aromatic heterocycles. The minimum atomic E-state index is -0.139. The molecule has 2 aliphatic rings. The summed E-state index contributed by atoms with van der Waals surface area (Å²) in [6, 6.07) is -0.0889. The lowest BCUT2D eigenvalue weighted by Gasteiger charge is -2.25. The SMILES string of the molecule is CC(CC(=O)N1CCCCCC1)NC1CCCCNC1=O. The van der Waals surface area contributed by atoms with Crippen molar-refractivity contribution in [2.24, 2.45) is 0 Å². The Morgan fingerprint density at radius 1 is 1.24 bits per heavy atom. The van der Waals surface area contributed by atoms with E-state index < -0.39 is 0 Å². The molecule has 2 heterocycles. The molecule has 0 aromatic carbocycles. The predicted octanol–water partition coefficient (Wildman–Crippen LogP) is 1.43. The first-order valence-corrected chi connectivity index (χ1v) is 8.48. The summed E-state index contributed by atoms with van der Waals surface area (Å²) in [6.45, 7) is 4.58. The molecule has 2 rings (SSSR count). The Bertz CT molecular complexity index is 351. The zero-order chi connectivity index (χ0) is 15.1. The summed E-state index contributed by atoms with van der Waals surface area (Å²) in [4.78, 5) is 26.2. The average molecular weight is 295 g/mol. The summed E-state index contributed by atoms with van der Waals surface area (Å²) in [7, 11) is 0. The van der Waals surface area contributed by atoms with Crippen LogP contribution in [0.2, 0.25) is 0 Å². The van der Waals surface area contributed by atoms with Crippen LogP contribution in [-0.2, 0) is 9.59 Å². The Labute approximate surface area is 127 Å². The van der Waals surface area contributed by atoms with Crippen LogP contribution in [-0.4, -0.2) is 48.4 Å². The second-order valence-corrected chi connectivity index (χ2v) is 6.41. The van der Waals surface area contributed by atoms with Gasteiger partial charge in [0.15, 0.2) is 0 Å². The maximum Gasteiger partial charge on any atom is 0.237 e. The Morgan fingerprint density at radius 2 is 1.95 bits per heavy atom. The van der Waals surface area contributed by atoms with Gasteiger partial charge in [0.25, 0.3) is 0 Å². The van der Waals surface area contributed by atoms with Gasteiger partial charge in [-0.2, -0.15) is 0 Å². The average Bonchev–Trinajstić information content (AvgIpc) is 2.83. The highest BCUT2D eigenvalue weighted by molar-refractivity contribution is 5.82. The lowest BCUT2D eigenvalue weighted by atomic mass is 10.1. The van der Waals surface area contributed by atoms with E-state index in [-0.39, 0.29) is 23.9 Å². The van der Waals surface area contributed by atoms with Gasteiger partial charge in [-0.3, -0.25) is 9.59 Å². The molecular formula is C16H29N3O2. The first-order chi connectivity index (χ1) is 10.2. The summed E-state index contributed by atoms with van der Waals surface area (Å²) in [5.41, 5.74) is 0. The number of rotatable bonds is 4. The molecule has 0 saturated carbocycles. The standard InChI is InChI=1S/C16H29N3O2/c1-13(18-14-8-4-5-9-17-16(14)21)12-15(20)19-10-6-2-3-7-11-19/h13-14,18H,2-12H2,1H3,(H,17,21). The normalized spacial score (nSPS) is 25.7. The summed E-state index contributed by atoms with van der Waals surface area (Å²) in [6.07, 6.45) is 8.18. The highest BCUT2D eigenvalue weighted by Gasteiger charge is 2.24. The third-order valence-corrected chi connectivity index (χ3v) is 4.46. The molecule has 2 saturated heterocycles. The maximum atomic E-state index is 12.3. The second kappa shape index (κ2) is 8.37. The first kappa shape index (κ1) is 16.3. The van der Waals surface area contributed by atoms with E-state index in [2.05, 4.69) is 10.6 Å². The molecule has 5 nitrogen and oxygen atoms in total. The van der Waals surface area contributed by atoms with Crippen LogP contribution in [0.3, 0.4) is 0 Å². The zero-order valence-corrected chi connectivity index (χ0v) is 13.2. The molecule has 0 spiro atoms. The maximum absolute atomic E-state index is 12.3. The molecule has 2 fully saturated rings. The lowest BCUT2D eigenvalue weighted by molar-refractivity contribution is -0.132. The van der Waals surface area contributed by atoms with Gasteiger partial charge in [0.1, 0.15) is 0 Å². The number of likely N-dealkylation sites (tertiary alicyclic amines) is 1. The van der Waals surface area contributed by atoms with E-state index in [4.69, 9.17) is 0 Å². The number of hydrogen-bond acceptors (Lipinski definition) is 3. The molecule has 0 bridgehead atoms. The highest BCUT2D eigenvalue weighted by atomic mass is 16.2. The lowest BCUT2D eigenvalue weighted by Crippen LogP contribution is -2.48. The third kappa shape index (κ3) is 5.30. The quantitative estimate of drug-likeness (QED) is 0.825. The summed E-state index contributed by atoms with van der Waals surface area (Å²) in [5.74, 6) is 0.313. The first-order valence-electron chi connectivity index (χ1n) is 8.48.